The van der Waals surface area contributed by atoms with E-state index in [4.69, 9.17) is 36.3 Å². The average Bonchev–Trinajstić information content (AvgIpc) is 0.709. The first-order valence-corrected chi connectivity index (χ1v) is 64.2. The van der Waals surface area contributed by atoms with Crippen LogP contribution in [0, 0.1) is 88.8 Å². The van der Waals surface area contributed by atoms with Crippen molar-refractivity contribution in [3.63, 3.8) is 0 Å². The van der Waals surface area contributed by atoms with Crippen LogP contribution in [0.3, 0.4) is 0 Å². The molecule has 17 nitrogen and oxygen atoms in total. The third-order valence-electron chi connectivity index (χ3n) is 33.5. The number of halogens is 3. The number of aliphatic imine (C=N–C) groups is 1. The Kier molecular flexibility index (Phi) is 65.7. The van der Waals surface area contributed by atoms with E-state index in [0.29, 0.717) is 49.3 Å². The van der Waals surface area contributed by atoms with Crippen LogP contribution < -0.4 is 35.4 Å². The molecule has 0 atom stereocenters. The summed E-state index contributed by atoms with van der Waals surface area (Å²) in [6.45, 7) is 64.7. The Balaban J connectivity index is 0.00000140. The summed E-state index contributed by atoms with van der Waals surface area (Å²) in [5, 5.41) is 35.8. The fourth-order valence-electron chi connectivity index (χ4n) is 19.8. The van der Waals surface area contributed by atoms with Crippen LogP contribution in [0.2, 0.25) is 18.1 Å². The zero-order valence-corrected chi connectivity index (χ0v) is 96.9. The van der Waals surface area contributed by atoms with E-state index < -0.39 is 37.1 Å². The van der Waals surface area contributed by atoms with Gasteiger partial charge in [0.05, 0.1) is 67.9 Å². The second kappa shape index (κ2) is 65.8. The van der Waals surface area contributed by atoms with Crippen molar-refractivity contribution in [3.8, 4) is 0 Å². The second-order valence-electron chi connectivity index (χ2n) is 47.3. The number of ketones is 2. The Hall–Kier alpha value is -0.159. The first-order valence-electron chi connectivity index (χ1n) is 52.3. The summed E-state index contributed by atoms with van der Waals surface area (Å²) in [7, 11) is 1.34. The molecule has 13 aliphatic rings. The summed E-state index contributed by atoms with van der Waals surface area (Å²) in [4.78, 5) is 73.3. The van der Waals surface area contributed by atoms with Gasteiger partial charge in [-0.1, -0.05) is 123 Å². The summed E-state index contributed by atoms with van der Waals surface area (Å²) in [5.41, 5.74) is 12.0. The molecule has 13 rings (SSSR count). The number of hydrogen-bond acceptors (Lipinski definition) is 13. The van der Waals surface area contributed by atoms with Crippen molar-refractivity contribution in [2.24, 2.45) is 98.3 Å². The van der Waals surface area contributed by atoms with Gasteiger partial charge in [0.2, 0.25) is 6.08 Å². The number of hydrogen-bond donors (Lipinski definition) is 6. The van der Waals surface area contributed by atoms with E-state index in [-0.39, 0.29) is 47.1 Å². The number of carbonyl (C=O) groups is 5. The number of likely N-dealkylation sites (tertiary alicyclic amines) is 3. The number of aliphatic hydroxyl groups is 1. The van der Waals surface area contributed by atoms with Crippen LogP contribution in [0.4, 0.5) is 0 Å². The number of isocyanates is 1. The van der Waals surface area contributed by atoms with E-state index in [1.807, 2.05) is 20.8 Å². The number of aliphatic carboxylic acids is 3. The first kappa shape index (κ1) is 129. The molecule has 13 fully saturated rings. The zero-order valence-electron chi connectivity index (χ0n) is 88.0. The summed E-state index contributed by atoms with van der Waals surface area (Å²) in [6.07, 6.45) is 55.7. The Morgan fingerprint density at radius 2 is 0.752 bits per heavy atom. The number of quaternary nitrogens is 1. The number of nitrogens with two attached hydrogens (primary N) is 2. The molecule has 8 N–H and O–H groups in total. The summed E-state index contributed by atoms with van der Waals surface area (Å²) in [6, 6.07) is 0.465. The predicted octanol–water partition coefficient (Wildman–Crippen LogP) is 25.1. The second-order valence-corrected chi connectivity index (χ2v) is 63.9. The van der Waals surface area contributed by atoms with Gasteiger partial charge in [-0.15, -0.1) is 0 Å². The molecule has 0 aromatic carbocycles. The Morgan fingerprint density at radius 3 is 1.04 bits per heavy atom. The molecular weight excluding hydrogens is 2000 g/mol. The minimum atomic E-state index is -1.51. The normalized spacial score (nSPS) is 35.2. The van der Waals surface area contributed by atoms with Gasteiger partial charge in [-0.3, -0.25) is 33.8 Å². The van der Waals surface area contributed by atoms with Crippen molar-refractivity contribution < 1.29 is 91.5 Å². The maximum atomic E-state index is 11.2. The van der Waals surface area contributed by atoms with Gasteiger partial charge in [0.1, 0.15) is 11.6 Å². The fraction of sp³-hybridized carbons (Fsp3) is 0.935. The number of carboxylic acids is 3. The van der Waals surface area contributed by atoms with Crippen molar-refractivity contribution >= 4 is 83.8 Å². The van der Waals surface area contributed by atoms with E-state index in [9.17, 15) is 28.8 Å². The molecule has 0 amide bonds. The SMILES string of the molecule is CC1CCC(C(=O)O)CC1.CC1CCC(C)(C(=O)O)CC1.CC1CCC(C)(C(=O)O)CC1.CC1CCC(C)(N)CC1.CC1CCC(C)(N2CCC(=O)CC2)CC1.CC1CCC(C)(N2CCC(N)CC2)CC1.CC1CCC(C)(N=C=O)CC1.CC1CCC(C)CC1.CC1CCC(O)CC1.CC1CCC(O[Si](C)(C)C(C)(C)C)CC1.CC[N+]1(C)CCC(=O)CC1.[CH2-]C.[I-].[I][V][I]. The van der Waals surface area contributed by atoms with Crippen molar-refractivity contribution in [2.45, 2.75) is 506 Å². The van der Waals surface area contributed by atoms with Gasteiger partial charge >= 0.3 is 67.3 Å². The number of aliphatic hydroxyl groups excluding tert-OH is 1. The molecular formula is C107H206I3N6O11SiV-. The van der Waals surface area contributed by atoms with E-state index in [2.05, 4.69) is 206 Å². The standard InChI is InChI=1S/C13H26N2.C13H23NO.C13H28OSi.C9H15NO.2C9H16O2.C8H16NO.C8H17N.C8H14O2.C8H16.C7H14O.C2H5.3HI.V/c1-11-3-7-13(2,8-4-11)15-9-5-12(14)6-10-15;1-11-3-7-13(2,8-4-11)14-9-5-12(15)6-10-14;1-11-7-9-12(10-8-11)14-15(5,6)13(2,3)4;1-8-3-5-9(2,6-4-8)10-7-11;2*1-7-3-5-9(2,6-4-7)8(10)11;1-3-9(2)6-4-8(10)5-7-9;1-7-3-5-8(2,9)6-4-7;1-6-2-4-7(5-3-6)8(9)10;1-7-3-5-8(2)6-4-7;1-6-2-4-7(8)5-3-6;1-2;;;;/h11-12H,3-10,14H2,1-2H3;11H,3-10H2,1-2H3;11-12H,7-10H2,1-6H3;8H,3-6H2,1-2H3;2*7H,3-6H2,1-2H3,(H,10,11);3-7H2,1-2H3;7H,3-6,9H2,1-2H3;6-7H,2-5H2,1H3,(H,9,10);7-8H,3-6H2,1-2H3;6-8H,2-5H2,1H3;1H2,2H3;3*1H;/q;;;;;;+1;;;;;-1;;;;+2/p-3. The molecule has 10 saturated carbocycles. The van der Waals surface area contributed by atoms with Gasteiger partial charge in [0, 0.05) is 67.8 Å². The van der Waals surface area contributed by atoms with Crippen LogP contribution in [-0.2, 0) is 42.7 Å². The van der Waals surface area contributed by atoms with Gasteiger partial charge in [-0.2, -0.15) is 11.9 Å². The summed E-state index contributed by atoms with van der Waals surface area (Å²) < 4.78 is 7.52. The van der Waals surface area contributed by atoms with Gasteiger partial charge in [-0.05, 0) is 376 Å². The molecule has 22 heteroatoms. The minimum absolute atomic E-state index is 0. The van der Waals surface area contributed by atoms with Crippen LogP contribution in [0.5, 0.6) is 0 Å². The monoisotopic (exact) mass is 2210 g/mol. The topological polar surface area (TPSA) is 263 Å². The molecule has 761 valence electrons. The predicted molar refractivity (Wildman–Crippen MR) is 556 cm³/mol. The van der Waals surface area contributed by atoms with Crippen molar-refractivity contribution in [1.29, 1.82) is 0 Å². The Morgan fingerprint density at radius 1 is 0.481 bits per heavy atom. The fourth-order valence-corrected chi connectivity index (χ4v) is 21.3. The van der Waals surface area contributed by atoms with Crippen LogP contribution >= 0.6 is 40.0 Å². The zero-order chi connectivity index (χ0) is 97.5. The van der Waals surface area contributed by atoms with E-state index in [0.717, 1.165) is 231 Å². The van der Waals surface area contributed by atoms with E-state index >= 15 is 0 Å². The third kappa shape index (κ3) is 54.4. The van der Waals surface area contributed by atoms with Crippen molar-refractivity contribution in [3.05, 3.63) is 6.92 Å². The van der Waals surface area contributed by atoms with Gasteiger partial charge in [0.25, 0.3) is 0 Å². The first-order chi connectivity index (χ1) is 59.6. The molecule has 3 heterocycles. The summed E-state index contributed by atoms with van der Waals surface area (Å²) in [5.74, 6) is 8.61. The molecule has 0 aromatic rings. The number of carboxylic acid groups (broad SMARTS) is 3. The van der Waals surface area contributed by atoms with Crippen molar-refractivity contribution in [2.75, 3.05) is 52.9 Å². The number of piperidine rings is 3. The molecule has 0 radical (unpaired) electrons. The molecule has 10 aliphatic carbocycles. The van der Waals surface area contributed by atoms with Crippen LogP contribution in [0.1, 0.15) is 448 Å². The van der Waals surface area contributed by atoms with Crippen LogP contribution in [0.25, 0.3) is 0 Å². The molecule has 0 aromatic heterocycles. The number of Topliss-reactive ketones (excluding diaryl/α,β-unsaturated/α-hetero) is 2. The number of carbonyl (C=O) groups excluding carboxylic acids is 3. The van der Waals surface area contributed by atoms with Gasteiger partial charge in [-0.25, -0.2) is 4.79 Å². The quantitative estimate of drug-likeness (QED) is 0.0313. The number of rotatable bonds is 9. The summed E-state index contributed by atoms with van der Waals surface area (Å²) >= 11 is 4.74. The van der Waals surface area contributed by atoms with Crippen LogP contribution in [-0.4, -0.2) is 172 Å². The maximum absolute atomic E-state index is 11.2. The number of nitrogens with zero attached hydrogens (tertiary/aromatic N) is 4. The molecule has 0 bridgehead atoms. The molecule has 0 spiro atoms. The molecule has 3 aliphatic heterocycles. The van der Waals surface area contributed by atoms with Gasteiger partial charge < -0.3 is 71.7 Å². The Bertz CT molecular complexity index is 2860. The molecule has 129 heavy (non-hydrogen) atoms. The third-order valence-corrected chi connectivity index (χ3v) is 38.0. The van der Waals surface area contributed by atoms with Crippen molar-refractivity contribution in [1.82, 2.24) is 9.80 Å². The molecule has 0 unspecified atom stereocenters. The van der Waals surface area contributed by atoms with E-state index in [1.54, 1.807) is 13.0 Å². The van der Waals surface area contributed by atoms with E-state index in [1.165, 1.54) is 180 Å². The van der Waals surface area contributed by atoms with Crippen LogP contribution in [0.15, 0.2) is 4.99 Å². The molecule has 3 saturated heterocycles. The Labute approximate surface area is 842 Å². The van der Waals surface area contributed by atoms with Gasteiger partial charge in [0.15, 0.2) is 8.32 Å². The average molecular weight is 2210 g/mol.